The SMILES string of the molecule is O=C(N=CN[C@H]1CCN(C(=O)[C@@H]2C[C@H](S)CN2C(=O)OCc2ccc([N+](=O)[O-])cc2)C1)OCc1ccc([N+](=O)[O-])cc1. The van der Waals surface area contributed by atoms with Crippen molar-refractivity contribution >= 4 is 48.4 Å². The molecule has 2 aliphatic heterocycles. The van der Waals surface area contributed by atoms with E-state index < -0.39 is 28.1 Å². The molecular weight excluding hydrogens is 572 g/mol. The van der Waals surface area contributed by atoms with E-state index in [-0.39, 0.29) is 48.3 Å². The smallest absolute Gasteiger partial charge is 0.435 e. The summed E-state index contributed by atoms with van der Waals surface area (Å²) in [6.45, 7) is 0.816. The molecule has 0 radical (unpaired) electrons. The highest BCUT2D eigenvalue weighted by atomic mass is 32.1. The lowest BCUT2D eigenvalue weighted by molar-refractivity contribution is -0.385. The van der Waals surface area contributed by atoms with Crippen molar-refractivity contribution in [3.8, 4) is 0 Å². The molecule has 0 unspecified atom stereocenters. The summed E-state index contributed by atoms with van der Waals surface area (Å²) in [7, 11) is 0. The normalized spacial score (nSPS) is 20.0. The van der Waals surface area contributed by atoms with Gasteiger partial charge < -0.3 is 19.7 Å². The maximum absolute atomic E-state index is 13.3. The Hall–Kier alpha value is -4.73. The molecular formula is C26H28N6O9S. The minimum Gasteiger partial charge on any atom is -0.445 e. The predicted molar refractivity (Wildman–Crippen MR) is 151 cm³/mol. The van der Waals surface area contributed by atoms with Gasteiger partial charge in [0, 0.05) is 55.2 Å². The molecule has 0 spiro atoms. The molecule has 0 bridgehead atoms. The summed E-state index contributed by atoms with van der Waals surface area (Å²) in [6, 6.07) is 10.3. The topological polar surface area (TPSA) is 187 Å². The Balaban J connectivity index is 1.22. The zero-order chi connectivity index (χ0) is 30.2. The fraction of sp³-hybridized carbons (Fsp3) is 0.385. The first kappa shape index (κ1) is 30.2. The van der Waals surface area contributed by atoms with Gasteiger partial charge in [-0.25, -0.2) is 9.59 Å². The number of non-ortho nitro benzene ring substituents is 2. The van der Waals surface area contributed by atoms with E-state index in [4.69, 9.17) is 9.47 Å². The Labute approximate surface area is 245 Å². The summed E-state index contributed by atoms with van der Waals surface area (Å²) in [5.41, 5.74) is 1.00. The number of amides is 3. The van der Waals surface area contributed by atoms with Gasteiger partial charge in [-0.2, -0.15) is 17.6 Å². The van der Waals surface area contributed by atoms with E-state index in [1.54, 1.807) is 4.90 Å². The maximum atomic E-state index is 13.3. The zero-order valence-electron chi connectivity index (χ0n) is 22.2. The second-order valence-electron chi connectivity index (χ2n) is 9.71. The summed E-state index contributed by atoms with van der Waals surface area (Å²) >= 11 is 4.46. The lowest BCUT2D eigenvalue weighted by Crippen LogP contribution is -2.48. The molecule has 3 amide bonds. The van der Waals surface area contributed by atoms with Gasteiger partial charge in [0.2, 0.25) is 5.91 Å². The van der Waals surface area contributed by atoms with Gasteiger partial charge in [-0.15, -0.1) is 0 Å². The van der Waals surface area contributed by atoms with Crippen LogP contribution in [0.5, 0.6) is 0 Å². The van der Waals surface area contributed by atoms with Gasteiger partial charge in [0.05, 0.1) is 16.2 Å². The number of hydrogen-bond acceptors (Lipinski definition) is 10. The van der Waals surface area contributed by atoms with Crippen LogP contribution in [0.1, 0.15) is 24.0 Å². The number of carbonyl (C=O) groups excluding carboxylic acids is 3. The Morgan fingerprint density at radius 2 is 1.52 bits per heavy atom. The van der Waals surface area contributed by atoms with E-state index in [1.807, 2.05) is 0 Å². The lowest BCUT2D eigenvalue weighted by Gasteiger charge is -2.27. The molecule has 15 nitrogen and oxygen atoms in total. The average Bonchev–Trinajstić information content (AvgIpc) is 3.61. The van der Waals surface area contributed by atoms with Crippen LogP contribution in [0.3, 0.4) is 0 Å². The van der Waals surface area contributed by atoms with Gasteiger partial charge in [0.15, 0.2) is 0 Å². The van der Waals surface area contributed by atoms with E-state index in [1.165, 1.54) is 59.8 Å². The van der Waals surface area contributed by atoms with Gasteiger partial charge in [-0.3, -0.25) is 29.9 Å². The quantitative estimate of drug-likeness (QED) is 0.142. The lowest BCUT2D eigenvalue weighted by atomic mass is 10.2. The van der Waals surface area contributed by atoms with E-state index in [2.05, 4.69) is 22.9 Å². The van der Waals surface area contributed by atoms with E-state index in [0.717, 1.165) is 0 Å². The number of nitro groups is 2. The number of ether oxygens (including phenoxy) is 2. The number of benzene rings is 2. The van der Waals surface area contributed by atoms with Crippen LogP contribution in [0.25, 0.3) is 0 Å². The van der Waals surface area contributed by atoms with Crippen molar-refractivity contribution in [1.82, 2.24) is 15.1 Å². The first-order valence-corrected chi connectivity index (χ1v) is 13.4. The molecule has 222 valence electrons. The van der Waals surface area contributed by atoms with Crippen LogP contribution in [-0.4, -0.2) is 81.0 Å². The van der Waals surface area contributed by atoms with Crippen molar-refractivity contribution in [2.45, 2.75) is 43.4 Å². The molecule has 3 atom stereocenters. The number of nitro benzene ring substituents is 2. The molecule has 0 aromatic heterocycles. The van der Waals surface area contributed by atoms with Gasteiger partial charge in [-0.05, 0) is 48.2 Å². The molecule has 2 heterocycles. The third kappa shape index (κ3) is 7.93. The fourth-order valence-electron chi connectivity index (χ4n) is 4.59. The van der Waals surface area contributed by atoms with E-state index in [0.29, 0.717) is 37.1 Å². The van der Waals surface area contributed by atoms with Crippen LogP contribution < -0.4 is 5.32 Å². The van der Waals surface area contributed by atoms with Crippen molar-refractivity contribution in [2.24, 2.45) is 4.99 Å². The van der Waals surface area contributed by atoms with Gasteiger partial charge in [0.1, 0.15) is 19.3 Å². The van der Waals surface area contributed by atoms with Crippen LogP contribution in [0.2, 0.25) is 0 Å². The largest absolute Gasteiger partial charge is 0.445 e. The zero-order valence-corrected chi connectivity index (χ0v) is 23.1. The van der Waals surface area contributed by atoms with Crippen LogP contribution in [0, 0.1) is 20.2 Å². The van der Waals surface area contributed by atoms with Crippen LogP contribution in [-0.2, 0) is 27.5 Å². The molecule has 0 saturated carbocycles. The highest BCUT2D eigenvalue weighted by Gasteiger charge is 2.42. The number of thiol groups is 1. The molecule has 2 aromatic carbocycles. The predicted octanol–water partition coefficient (Wildman–Crippen LogP) is 3.07. The van der Waals surface area contributed by atoms with Crippen molar-refractivity contribution < 1.29 is 33.7 Å². The van der Waals surface area contributed by atoms with Gasteiger partial charge in [-0.1, -0.05) is 0 Å². The minimum absolute atomic E-state index is 0.0675. The summed E-state index contributed by atoms with van der Waals surface area (Å²) in [5.74, 6) is -0.234. The third-order valence-electron chi connectivity index (χ3n) is 6.80. The average molecular weight is 601 g/mol. The molecule has 2 aliphatic rings. The summed E-state index contributed by atoms with van der Waals surface area (Å²) in [5, 5.41) is 24.3. The first-order chi connectivity index (χ1) is 20.1. The Bertz CT molecular complexity index is 1360. The monoisotopic (exact) mass is 600 g/mol. The third-order valence-corrected chi connectivity index (χ3v) is 7.17. The maximum Gasteiger partial charge on any atom is 0.435 e. The Kier molecular flexibility index (Phi) is 9.90. The molecule has 42 heavy (non-hydrogen) atoms. The highest BCUT2D eigenvalue weighted by Crippen LogP contribution is 2.26. The number of carbonyl (C=O) groups is 3. The number of aliphatic imine (C=N–C) groups is 1. The summed E-state index contributed by atoms with van der Waals surface area (Å²) < 4.78 is 10.4. The molecule has 2 aromatic rings. The van der Waals surface area contributed by atoms with Crippen LogP contribution >= 0.6 is 12.6 Å². The highest BCUT2D eigenvalue weighted by molar-refractivity contribution is 7.81. The van der Waals surface area contributed by atoms with E-state index >= 15 is 0 Å². The first-order valence-electron chi connectivity index (χ1n) is 12.9. The molecule has 4 rings (SSSR count). The van der Waals surface area contributed by atoms with Crippen molar-refractivity contribution in [2.75, 3.05) is 19.6 Å². The molecule has 2 saturated heterocycles. The number of nitrogens with zero attached hydrogens (tertiary/aromatic N) is 5. The summed E-state index contributed by atoms with van der Waals surface area (Å²) in [4.78, 5) is 65.2. The van der Waals surface area contributed by atoms with E-state index in [9.17, 15) is 34.6 Å². The van der Waals surface area contributed by atoms with Crippen LogP contribution in [0.15, 0.2) is 53.5 Å². The van der Waals surface area contributed by atoms with Crippen molar-refractivity contribution in [1.29, 1.82) is 0 Å². The number of likely N-dealkylation sites (tertiary alicyclic amines) is 2. The van der Waals surface area contributed by atoms with Crippen molar-refractivity contribution in [3.63, 3.8) is 0 Å². The number of nitrogens with one attached hydrogen (secondary N) is 1. The second-order valence-corrected chi connectivity index (χ2v) is 10.4. The van der Waals surface area contributed by atoms with Crippen molar-refractivity contribution in [3.05, 3.63) is 79.9 Å². The Morgan fingerprint density at radius 1 is 0.952 bits per heavy atom. The molecule has 1 N–H and O–H groups in total. The fourth-order valence-corrected chi connectivity index (χ4v) is 4.97. The molecule has 16 heteroatoms. The molecule has 0 aliphatic carbocycles. The number of rotatable bonds is 9. The minimum atomic E-state index is -0.847. The van der Waals surface area contributed by atoms with Crippen LogP contribution in [0.4, 0.5) is 21.0 Å². The molecule has 2 fully saturated rings. The standard InChI is InChI=1S/C26H28N6O9S/c33-24(23-11-22(42)13-30(23)26(35)41-15-18-3-7-21(8-4-18)32(38)39)29-10-9-19(12-29)27-16-28-25(34)40-14-17-1-5-20(6-2-17)31(36)37/h1-8,16,19,22-23,42H,9-15H2,(H,27,28,34)/t19-,22-,23-/m0/s1. The van der Waals surface area contributed by atoms with Gasteiger partial charge >= 0.3 is 12.2 Å². The van der Waals surface area contributed by atoms with Gasteiger partial charge in [0.25, 0.3) is 11.4 Å². The second kappa shape index (κ2) is 13.8. The Morgan fingerprint density at radius 3 is 2.10 bits per heavy atom. The number of hydrogen-bond donors (Lipinski definition) is 2. The summed E-state index contributed by atoms with van der Waals surface area (Å²) in [6.07, 6.45) is 0.650.